The van der Waals surface area contributed by atoms with E-state index in [1.54, 1.807) is 10.7 Å². The number of Topliss-reactive ketones (excluding diaryl/α,β-unsaturated/α-hetero) is 1. The number of ketones is 1. The van der Waals surface area contributed by atoms with E-state index in [1.165, 1.54) is 11.6 Å². The molecule has 0 spiro atoms. The van der Waals surface area contributed by atoms with Gasteiger partial charge in [-0.3, -0.25) is 14.3 Å². The number of aryl methyl sites for hydroxylation is 2. The van der Waals surface area contributed by atoms with Crippen molar-refractivity contribution in [1.29, 1.82) is 0 Å². The fourth-order valence-electron chi connectivity index (χ4n) is 3.34. The van der Waals surface area contributed by atoms with Crippen molar-refractivity contribution in [3.63, 3.8) is 0 Å². The number of carbonyl (C=O) groups is 2. The maximum absolute atomic E-state index is 12.0. The highest BCUT2D eigenvalue weighted by Gasteiger charge is 2.19. The van der Waals surface area contributed by atoms with Gasteiger partial charge in [-0.15, -0.1) is 0 Å². The van der Waals surface area contributed by atoms with Gasteiger partial charge in [0.05, 0.1) is 11.2 Å². The summed E-state index contributed by atoms with van der Waals surface area (Å²) in [5, 5.41) is 18.4. The fourth-order valence-corrected chi connectivity index (χ4v) is 3.34. The van der Waals surface area contributed by atoms with Crippen molar-refractivity contribution in [1.82, 2.24) is 24.4 Å². The average molecular weight is 363 g/mol. The SMILES string of the molecule is CC(=O)c1nn(CC(=O)O)c2c(C)cc(-c3cnc4cc(C)nn4c3)cc12. The Labute approximate surface area is 154 Å². The van der Waals surface area contributed by atoms with Gasteiger partial charge in [-0.1, -0.05) is 0 Å². The Morgan fingerprint density at radius 1 is 1.11 bits per heavy atom. The van der Waals surface area contributed by atoms with Crippen LogP contribution in [-0.2, 0) is 11.3 Å². The molecule has 27 heavy (non-hydrogen) atoms. The van der Waals surface area contributed by atoms with Crippen molar-refractivity contribution >= 4 is 28.3 Å². The minimum atomic E-state index is -1.01. The van der Waals surface area contributed by atoms with E-state index in [0.717, 1.165) is 28.0 Å². The number of nitrogens with zero attached hydrogens (tertiary/aromatic N) is 5. The fraction of sp³-hybridized carbons (Fsp3) is 0.211. The Kier molecular flexibility index (Phi) is 3.76. The van der Waals surface area contributed by atoms with E-state index in [4.69, 9.17) is 5.11 Å². The topological polar surface area (TPSA) is 102 Å². The lowest BCUT2D eigenvalue weighted by Crippen LogP contribution is -2.11. The molecule has 4 aromatic rings. The number of fused-ring (bicyclic) bond motifs is 2. The number of carbonyl (C=O) groups excluding carboxylic acids is 1. The molecule has 0 amide bonds. The molecule has 8 nitrogen and oxygen atoms in total. The molecule has 3 heterocycles. The van der Waals surface area contributed by atoms with Gasteiger partial charge in [-0.2, -0.15) is 10.2 Å². The zero-order chi connectivity index (χ0) is 19.3. The van der Waals surface area contributed by atoms with E-state index >= 15 is 0 Å². The minimum absolute atomic E-state index is 0.211. The number of carboxylic acids is 1. The van der Waals surface area contributed by atoms with Gasteiger partial charge in [-0.25, -0.2) is 9.50 Å². The molecule has 0 saturated heterocycles. The van der Waals surface area contributed by atoms with Crippen molar-refractivity contribution in [3.05, 3.63) is 47.5 Å². The first-order valence-corrected chi connectivity index (χ1v) is 8.40. The first-order chi connectivity index (χ1) is 12.8. The Bertz CT molecular complexity index is 1240. The molecule has 0 aliphatic carbocycles. The van der Waals surface area contributed by atoms with Gasteiger partial charge in [0, 0.05) is 36.3 Å². The molecular formula is C19H17N5O3. The van der Waals surface area contributed by atoms with Crippen LogP contribution in [0.3, 0.4) is 0 Å². The predicted molar refractivity (Wildman–Crippen MR) is 98.8 cm³/mol. The molecule has 3 aromatic heterocycles. The largest absolute Gasteiger partial charge is 0.480 e. The van der Waals surface area contributed by atoms with Crippen molar-refractivity contribution in [2.24, 2.45) is 0 Å². The van der Waals surface area contributed by atoms with Crippen LogP contribution >= 0.6 is 0 Å². The minimum Gasteiger partial charge on any atom is -0.480 e. The average Bonchev–Trinajstić information content (AvgIpc) is 3.13. The van der Waals surface area contributed by atoms with Crippen LogP contribution in [-0.4, -0.2) is 41.2 Å². The van der Waals surface area contributed by atoms with Gasteiger partial charge >= 0.3 is 5.97 Å². The molecule has 0 fully saturated rings. The Morgan fingerprint density at radius 3 is 2.59 bits per heavy atom. The van der Waals surface area contributed by atoms with Crippen molar-refractivity contribution < 1.29 is 14.7 Å². The van der Waals surface area contributed by atoms with E-state index in [0.29, 0.717) is 10.9 Å². The summed E-state index contributed by atoms with van der Waals surface area (Å²) in [6.07, 6.45) is 3.64. The highest BCUT2D eigenvalue weighted by Crippen LogP contribution is 2.30. The zero-order valence-corrected chi connectivity index (χ0v) is 15.1. The molecule has 0 aliphatic heterocycles. The van der Waals surface area contributed by atoms with Crippen LogP contribution in [0.25, 0.3) is 27.7 Å². The maximum atomic E-state index is 12.0. The van der Waals surface area contributed by atoms with Gasteiger partial charge in [0.1, 0.15) is 12.2 Å². The summed E-state index contributed by atoms with van der Waals surface area (Å²) >= 11 is 0. The van der Waals surface area contributed by atoms with E-state index in [1.807, 2.05) is 38.2 Å². The van der Waals surface area contributed by atoms with Gasteiger partial charge in [0.25, 0.3) is 0 Å². The number of aromatic nitrogens is 5. The van der Waals surface area contributed by atoms with Crippen molar-refractivity contribution in [2.75, 3.05) is 0 Å². The standard InChI is InChI=1S/C19H17N5O3/c1-10-4-13(14-7-20-16-5-11(2)21-23(16)8-14)6-15-18(12(3)25)22-24(19(10)15)9-17(26)27/h4-8H,9H2,1-3H3,(H,26,27). The number of hydrogen-bond donors (Lipinski definition) is 1. The zero-order valence-electron chi connectivity index (χ0n) is 15.1. The van der Waals surface area contributed by atoms with Crippen LogP contribution < -0.4 is 0 Å². The second kappa shape index (κ2) is 6.01. The molecule has 4 rings (SSSR count). The third kappa shape index (κ3) is 2.84. The normalized spacial score (nSPS) is 11.4. The number of benzene rings is 1. The highest BCUT2D eigenvalue weighted by molar-refractivity contribution is 6.06. The van der Waals surface area contributed by atoms with Gasteiger partial charge in [0.15, 0.2) is 11.4 Å². The van der Waals surface area contributed by atoms with Crippen molar-refractivity contribution in [2.45, 2.75) is 27.3 Å². The van der Waals surface area contributed by atoms with Crippen LogP contribution in [0.1, 0.15) is 28.7 Å². The number of aliphatic carboxylic acids is 1. The smallest absolute Gasteiger partial charge is 0.325 e. The molecule has 1 aromatic carbocycles. The van der Waals surface area contributed by atoms with Crippen molar-refractivity contribution in [3.8, 4) is 11.1 Å². The summed E-state index contributed by atoms with van der Waals surface area (Å²) in [4.78, 5) is 27.6. The Morgan fingerprint density at radius 2 is 1.89 bits per heavy atom. The molecule has 8 heteroatoms. The highest BCUT2D eigenvalue weighted by atomic mass is 16.4. The second-order valence-electron chi connectivity index (χ2n) is 6.58. The third-order valence-corrected chi connectivity index (χ3v) is 4.42. The Hall–Kier alpha value is -3.55. The van der Waals surface area contributed by atoms with E-state index in [-0.39, 0.29) is 18.0 Å². The quantitative estimate of drug-likeness (QED) is 0.559. The van der Waals surface area contributed by atoms with Crippen LogP contribution in [0.2, 0.25) is 0 Å². The summed E-state index contributed by atoms with van der Waals surface area (Å²) in [6.45, 7) is 4.90. The van der Waals surface area contributed by atoms with E-state index < -0.39 is 5.97 Å². The lowest BCUT2D eigenvalue weighted by molar-refractivity contribution is -0.137. The molecular weight excluding hydrogens is 346 g/mol. The molecule has 0 atom stereocenters. The third-order valence-electron chi connectivity index (χ3n) is 4.42. The molecule has 0 unspecified atom stereocenters. The number of rotatable bonds is 4. The lowest BCUT2D eigenvalue weighted by Gasteiger charge is -2.07. The lowest BCUT2D eigenvalue weighted by atomic mass is 10.0. The molecule has 0 radical (unpaired) electrons. The summed E-state index contributed by atoms with van der Waals surface area (Å²) in [6, 6.07) is 5.68. The molecule has 0 aliphatic rings. The Balaban J connectivity index is 1.95. The van der Waals surface area contributed by atoms with Crippen LogP contribution in [0, 0.1) is 13.8 Å². The second-order valence-corrected chi connectivity index (χ2v) is 6.58. The van der Waals surface area contributed by atoms with Gasteiger partial charge in [-0.05, 0) is 37.1 Å². The predicted octanol–water partition coefficient (Wildman–Crippen LogP) is 2.65. The molecule has 0 bridgehead atoms. The summed E-state index contributed by atoms with van der Waals surface area (Å²) < 4.78 is 3.08. The monoisotopic (exact) mass is 363 g/mol. The van der Waals surface area contributed by atoms with Crippen LogP contribution in [0.15, 0.2) is 30.6 Å². The van der Waals surface area contributed by atoms with E-state index in [2.05, 4.69) is 15.2 Å². The number of carboxylic acid groups (broad SMARTS) is 1. The van der Waals surface area contributed by atoms with Crippen LogP contribution in [0.5, 0.6) is 0 Å². The first kappa shape index (κ1) is 16.9. The molecule has 1 N–H and O–H groups in total. The summed E-state index contributed by atoms with van der Waals surface area (Å²) in [5.74, 6) is -1.22. The first-order valence-electron chi connectivity index (χ1n) is 8.40. The van der Waals surface area contributed by atoms with Crippen LogP contribution in [0.4, 0.5) is 0 Å². The van der Waals surface area contributed by atoms with Gasteiger partial charge < -0.3 is 5.11 Å². The van der Waals surface area contributed by atoms with Gasteiger partial charge in [0.2, 0.25) is 0 Å². The summed E-state index contributed by atoms with van der Waals surface area (Å²) in [7, 11) is 0. The maximum Gasteiger partial charge on any atom is 0.325 e. The molecule has 136 valence electrons. The van der Waals surface area contributed by atoms with E-state index in [9.17, 15) is 9.59 Å². The number of hydrogen-bond acceptors (Lipinski definition) is 5. The molecule has 0 saturated carbocycles. The summed E-state index contributed by atoms with van der Waals surface area (Å²) in [5.41, 5.74) is 5.08.